The van der Waals surface area contributed by atoms with Gasteiger partial charge in [-0.3, -0.25) is 4.79 Å². The molecule has 1 heterocycles. The molecule has 3 rings (SSSR count). The van der Waals surface area contributed by atoms with Crippen LogP contribution in [0.3, 0.4) is 0 Å². The van der Waals surface area contributed by atoms with Gasteiger partial charge in [0.1, 0.15) is 10.8 Å². The monoisotopic (exact) mass is 288 g/mol. The highest BCUT2D eigenvalue weighted by Crippen LogP contribution is 2.34. The number of fused-ring (bicyclic) bond motifs is 1. The quantitative estimate of drug-likeness (QED) is 0.869. The van der Waals surface area contributed by atoms with E-state index in [0.717, 1.165) is 23.6 Å². The Bertz CT molecular complexity index is 656. The average molecular weight is 289 g/mol. The van der Waals surface area contributed by atoms with Gasteiger partial charge in [-0.1, -0.05) is 49.2 Å². The van der Waals surface area contributed by atoms with E-state index in [4.69, 9.17) is 11.6 Å². The summed E-state index contributed by atoms with van der Waals surface area (Å²) in [5.41, 5.74) is 0.399. The van der Waals surface area contributed by atoms with E-state index in [9.17, 15) is 4.79 Å². The van der Waals surface area contributed by atoms with Crippen molar-refractivity contribution >= 4 is 28.3 Å². The van der Waals surface area contributed by atoms with Gasteiger partial charge in [0.05, 0.1) is 0 Å². The van der Waals surface area contributed by atoms with Crippen LogP contribution in [-0.4, -0.2) is 16.9 Å². The fourth-order valence-corrected chi connectivity index (χ4v) is 2.89. The van der Waals surface area contributed by atoms with E-state index >= 15 is 0 Å². The third kappa shape index (κ3) is 2.63. The lowest BCUT2D eigenvalue weighted by atomic mass is 10.1. The highest BCUT2D eigenvalue weighted by molar-refractivity contribution is 6.34. The van der Waals surface area contributed by atoms with Crippen LogP contribution in [0.5, 0.6) is 0 Å². The van der Waals surface area contributed by atoms with Crippen molar-refractivity contribution in [1.82, 2.24) is 10.3 Å². The number of nitrogens with zero attached hydrogens (tertiary/aromatic N) is 1. The molecule has 4 heteroatoms. The Kier molecular flexibility index (Phi) is 3.62. The molecule has 0 bridgehead atoms. The number of halogens is 1. The van der Waals surface area contributed by atoms with Crippen molar-refractivity contribution in [2.75, 3.05) is 0 Å². The van der Waals surface area contributed by atoms with E-state index in [-0.39, 0.29) is 5.91 Å². The first-order chi connectivity index (χ1) is 9.69. The summed E-state index contributed by atoms with van der Waals surface area (Å²) in [6.45, 7) is 2.17. The summed E-state index contributed by atoms with van der Waals surface area (Å²) < 4.78 is 0. The number of nitrogens with one attached hydrogen (secondary N) is 1. The molecule has 1 aliphatic carbocycles. The summed E-state index contributed by atoms with van der Waals surface area (Å²) in [5, 5.41) is 5.24. The summed E-state index contributed by atoms with van der Waals surface area (Å²) in [7, 11) is 0. The molecule has 0 radical (unpaired) electrons. The number of hydrogen-bond acceptors (Lipinski definition) is 2. The summed E-state index contributed by atoms with van der Waals surface area (Å²) >= 11 is 6.15. The molecule has 2 aromatic rings. The Morgan fingerprint density at radius 2 is 2.25 bits per heavy atom. The molecular formula is C16H17ClN2O. The highest BCUT2D eigenvalue weighted by Gasteiger charge is 2.37. The number of carbonyl (C=O) groups excluding carboxylic acids is 1. The van der Waals surface area contributed by atoms with Crippen LogP contribution in [0.15, 0.2) is 30.3 Å². The predicted molar refractivity (Wildman–Crippen MR) is 81.0 cm³/mol. The van der Waals surface area contributed by atoms with Crippen molar-refractivity contribution in [2.45, 2.75) is 32.2 Å². The Hall–Kier alpha value is -1.61. The van der Waals surface area contributed by atoms with E-state index in [1.807, 2.05) is 24.3 Å². The molecule has 1 aliphatic rings. The fraction of sp³-hybridized carbons (Fsp3) is 0.375. The highest BCUT2D eigenvalue weighted by atomic mass is 35.5. The van der Waals surface area contributed by atoms with Gasteiger partial charge in [-0.2, -0.15) is 0 Å². The van der Waals surface area contributed by atoms with Crippen LogP contribution in [-0.2, 0) is 0 Å². The van der Waals surface area contributed by atoms with Crippen molar-refractivity contribution in [2.24, 2.45) is 5.92 Å². The van der Waals surface area contributed by atoms with Crippen molar-refractivity contribution in [3.8, 4) is 0 Å². The third-order valence-electron chi connectivity index (χ3n) is 3.83. The maximum atomic E-state index is 12.2. The van der Waals surface area contributed by atoms with Gasteiger partial charge in [-0.25, -0.2) is 4.98 Å². The van der Waals surface area contributed by atoms with Gasteiger partial charge in [-0.15, -0.1) is 0 Å². The van der Waals surface area contributed by atoms with Crippen molar-refractivity contribution < 1.29 is 4.79 Å². The molecule has 1 aromatic carbocycles. The maximum absolute atomic E-state index is 12.2. The lowest BCUT2D eigenvalue weighted by Crippen LogP contribution is -2.27. The molecule has 0 spiro atoms. The van der Waals surface area contributed by atoms with E-state index in [2.05, 4.69) is 17.2 Å². The Labute approximate surface area is 123 Å². The minimum Gasteiger partial charge on any atom is -0.348 e. The van der Waals surface area contributed by atoms with E-state index in [0.29, 0.717) is 22.8 Å². The fourth-order valence-electron chi connectivity index (χ4n) is 2.63. The van der Waals surface area contributed by atoms with Gasteiger partial charge in [0.25, 0.3) is 5.91 Å². The van der Waals surface area contributed by atoms with Crippen LogP contribution >= 0.6 is 11.6 Å². The van der Waals surface area contributed by atoms with Gasteiger partial charge in [-0.05, 0) is 30.2 Å². The van der Waals surface area contributed by atoms with Gasteiger partial charge in [0.2, 0.25) is 0 Å². The largest absolute Gasteiger partial charge is 0.348 e. The van der Waals surface area contributed by atoms with Gasteiger partial charge < -0.3 is 5.32 Å². The Morgan fingerprint density at radius 3 is 3.05 bits per heavy atom. The van der Waals surface area contributed by atoms with Crippen molar-refractivity contribution in [3.63, 3.8) is 0 Å². The first-order valence-corrected chi connectivity index (χ1v) is 7.43. The summed E-state index contributed by atoms with van der Waals surface area (Å²) in [5.74, 6) is 0.515. The van der Waals surface area contributed by atoms with Crippen LogP contribution in [0.4, 0.5) is 0 Å². The summed E-state index contributed by atoms with van der Waals surface area (Å²) in [6.07, 6.45) is 3.43. The number of carbonyl (C=O) groups is 1. The van der Waals surface area contributed by atoms with Gasteiger partial charge in [0.15, 0.2) is 0 Å². The first-order valence-electron chi connectivity index (χ1n) is 7.05. The summed E-state index contributed by atoms with van der Waals surface area (Å²) in [6, 6.07) is 9.80. The number of hydrogen-bond donors (Lipinski definition) is 1. The maximum Gasteiger partial charge on any atom is 0.270 e. The zero-order valence-corrected chi connectivity index (χ0v) is 12.2. The topological polar surface area (TPSA) is 42.0 Å². The first kappa shape index (κ1) is 13.4. The zero-order chi connectivity index (χ0) is 14.1. The smallest absolute Gasteiger partial charge is 0.270 e. The standard InChI is InChI=1S/C16H17ClN2O/c1-2-5-11-9-13(11)19-16(20)14-8-10-6-3-4-7-12(10)15(17)18-14/h3-4,6-8,11,13H,2,5,9H2,1H3,(H,19,20). The van der Waals surface area contributed by atoms with Crippen molar-refractivity contribution in [3.05, 3.63) is 41.2 Å². The van der Waals surface area contributed by atoms with Crippen LogP contribution in [0.2, 0.25) is 5.15 Å². The second-order valence-corrected chi connectivity index (χ2v) is 5.74. The normalized spacial score (nSPS) is 20.9. The lowest BCUT2D eigenvalue weighted by molar-refractivity contribution is 0.0944. The number of amides is 1. The molecule has 3 nitrogen and oxygen atoms in total. The van der Waals surface area contributed by atoms with Gasteiger partial charge in [0, 0.05) is 11.4 Å². The SMILES string of the molecule is CCCC1CC1NC(=O)c1cc2ccccc2c(Cl)n1. The molecule has 1 fully saturated rings. The molecule has 1 saturated carbocycles. The van der Waals surface area contributed by atoms with E-state index in [1.165, 1.54) is 6.42 Å². The zero-order valence-electron chi connectivity index (χ0n) is 11.4. The van der Waals surface area contributed by atoms with Crippen LogP contribution < -0.4 is 5.32 Å². The Balaban J connectivity index is 1.78. The molecule has 0 aliphatic heterocycles. The number of benzene rings is 1. The number of rotatable bonds is 4. The van der Waals surface area contributed by atoms with Crippen molar-refractivity contribution in [1.29, 1.82) is 0 Å². The predicted octanol–water partition coefficient (Wildman–Crippen LogP) is 3.81. The molecule has 20 heavy (non-hydrogen) atoms. The molecule has 1 aromatic heterocycles. The van der Waals surface area contributed by atoms with E-state index < -0.39 is 0 Å². The van der Waals surface area contributed by atoms with Crippen LogP contribution in [0.1, 0.15) is 36.7 Å². The van der Waals surface area contributed by atoms with Crippen LogP contribution in [0.25, 0.3) is 10.8 Å². The second-order valence-electron chi connectivity index (χ2n) is 5.38. The molecule has 2 atom stereocenters. The molecule has 1 N–H and O–H groups in total. The minimum atomic E-state index is -0.124. The average Bonchev–Trinajstić information content (AvgIpc) is 3.17. The third-order valence-corrected chi connectivity index (χ3v) is 4.11. The molecule has 1 amide bonds. The Morgan fingerprint density at radius 1 is 1.45 bits per heavy atom. The molecular weight excluding hydrogens is 272 g/mol. The molecule has 0 saturated heterocycles. The number of pyridine rings is 1. The minimum absolute atomic E-state index is 0.124. The van der Waals surface area contributed by atoms with E-state index in [1.54, 1.807) is 6.07 Å². The molecule has 2 unspecified atom stereocenters. The van der Waals surface area contributed by atoms with Crippen LogP contribution in [0, 0.1) is 5.92 Å². The number of aromatic nitrogens is 1. The second kappa shape index (κ2) is 5.41. The summed E-state index contributed by atoms with van der Waals surface area (Å²) in [4.78, 5) is 16.4. The van der Waals surface area contributed by atoms with Gasteiger partial charge >= 0.3 is 0 Å². The molecule has 104 valence electrons. The lowest BCUT2D eigenvalue weighted by Gasteiger charge is -2.06.